The molecule has 26 heavy (non-hydrogen) atoms. The van der Waals surface area contributed by atoms with Crippen LogP contribution in [0, 0.1) is 0 Å². The Morgan fingerprint density at radius 3 is 1.81 bits per heavy atom. The summed E-state index contributed by atoms with van der Waals surface area (Å²) in [6, 6.07) is 22.9. The van der Waals surface area contributed by atoms with E-state index in [0.29, 0.717) is 15.1 Å². The Kier molecular flexibility index (Phi) is 4.90. The monoisotopic (exact) mass is 400 g/mol. The molecule has 0 fully saturated rings. The molecule has 0 saturated carbocycles. The van der Waals surface area contributed by atoms with Crippen LogP contribution in [0.15, 0.2) is 77.8 Å². The van der Waals surface area contributed by atoms with Crippen LogP contribution in [0.4, 0.5) is 0 Å². The Labute approximate surface area is 167 Å². The summed E-state index contributed by atoms with van der Waals surface area (Å²) < 4.78 is 0. The molecule has 0 amide bonds. The van der Waals surface area contributed by atoms with Crippen molar-refractivity contribution in [1.82, 2.24) is 5.32 Å². The number of nitrogens with one attached hydrogen (secondary N) is 1. The molecule has 2 nitrogen and oxygen atoms in total. The fraction of sp³-hybridized carbons (Fsp3) is 0.0952. The molecule has 3 aromatic rings. The first-order valence-electron chi connectivity index (χ1n) is 8.23. The topological polar surface area (TPSA) is 24.4 Å². The predicted molar refractivity (Wildman–Crippen MR) is 110 cm³/mol. The Balaban J connectivity index is 1.83. The third-order valence-electron chi connectivity index (χ3n) is 4.47. The standard InChI is InChI=1S/C21H15Cl3N2/c22-16-10-4-1-7-13(16)19-20(14-8-2-5-11-17(14)23)26-21(25-19)15-9-3-6-12-18(15)24/h1-12,19-20H,(H,25,26)/t19-,20+. The minimum absolute atomic E-state index is 0.130. The van der Waals surface area contributed by atoms with Crippen molar-refractivity contribution in [2.75, 3.05) is 0 Å². The average Bonchev–Trinajstić information content (AvgIpc) is 3.07. The minimum Gasteiger partial charge on any atom is -0.360 e. The molecule has 1 N–H and O–H groups in total. The van der Waals surface area contributed by atoms with Gasteiger partial charge in [0.15, 0.2) is 0 Å². The van der Waals surface area contributed by atoms with E-state index in [1.165, 1.54) is 0 Å². The zero-order chi connectivity index (χ0) is 18.1. The lowest BCUT2D eigenvalue weighted by molar-refractivity contribution is 0.573. The second-order valence-corrected chi connectivity index (χ2v) is 7.29. The largest absolute Gasteiger partial charge is 0.360 e. The molecule has 0 bridgehead atoms. The Morgan fingerprint density at radius 2 is 1.19 bits per heavy atom. The van der Waals surface area contributed by atoms with Crippen LogP contribution in [0.25, 0.3) is 0 Å². The second-order valence-electron chi connectivity index (χ2n) is 6.07. The highest BCUT2D eigenvalue weighted by molar-refractivity contribution is 6.34. The average molecular weight is 402 g/mol. The van der Waals surface area contributed by atoms with E-state index in [-0.39, 0.29) is 12.1 Å². The van der Waals surface area contributed by atoms with Gasteiger partial charge in [0.25, 0.3) is 0 Å². The van der Waals surface area contributed by atoms with Gasteiger partial charge in [0.2, 0.25) is 0 Å². The molecule has 0 aliphatic carbocycles. The van der Waals surface area contributed by atoms with Crippen LogP contribution < -0.4 is 5.32 Å². The Hall–Kier alpha value is -2.00. The van der Waals surface area contributed by atoms with E-state index in [1.807, 2.05) is 72.8 Å². The molecule has 2 atom stereocenters. The third kappa shape index (κ3) is 3.21. The van der Waals surface area contributed by atoms with Gasteiger partial charge in [-0.25, -0.2) is 0 Å². The van der Waals surface area contributed by atoms with Crippen LogP contribution in [0.5, 0.6) is 0 Å². The van der Waals surface area contributed by atoms with Crippen LogP contribution >= 0.6 is 34.8 Å². The quantitative estimate of drug-likeness (QED) is 0.533. The molecule has 5 heteroatoms. The lowest BCUT2D eigenvalue weighted by Gasteiger charge is -2.21. The maximum atomic E-state index is 6.47. The molecule has 0 aromatic heterocycles. The normalized spacial score (nSPS) is 19.1. The maximum Gasteiger partial charge on any atom is 0.131 e. The zero-order valence-corrected chi connectivity index (χ0v) is 15.9. The van der Waals surface area contributed by atoms with Gasteiger partial charge in [-0.15, -0.1) is 0 Å². The van der Waals surface area contributed by atoms with Crippen LogP contribution in [-0.2, 0) is 0 Å². The van der Waals surface area contributed by atoms with E-state index in [2.05, 4.69) is 5.32 Å². The first kappa shape index (κ1) is 17.4. The lowest BCUT2D eigenvalue weighted by Crippen LogP contribution is -2.25. The van der Waals surface area contributed by atoms with Crippen molar-refractivity contribution < 1.29 is 0 Å². The van der Waals surface area contributed by atoms with Crippen molar-refractivity contribution in [2.45, 2.75) is 12.1 Å². The molecule has 0 saturated heterocycles. The van der Waals surface area contributed by atoms with Crippen LogP contribution in [0.2, 0.25) is 15.1 Å². The molecule has 3 aromatic carbocycles. The molecule has 1 aliphatic rings. The number of halogens is 3. The van der Waals surface area contributed by atoms with Gasteiger partial charge in [0.1, 0.15) is 11.9 Å². The van der Waals surface area contributed by atoms with Gasteiger partial charge in [-0.1, -0.05) is 83.3 Å². The second kappa shape index (κ2) is 7.32. The van der Waals surface area contributed by atoms with Gasteiger partial charge in [-0.2, -0.15) is 0 Å². The van der Waals surface area contributed by atoms with E-state index >= 15 is 0 Å². The highest BCUT2D eigenvalue weighted by Crippen LogP contribution is 2.42. The van der Waals surface area contributed by atoms with E-state index in [1.54, 1.807) is 0 Å². The first-order valence-corrected chi connectivity index (χ1v) is 9.36. The lowest BCUT2D eigenvalue weighted by atomic mass is 9.95. The van der Waals surface area contributed by atoms with Gasteiger partial charge in [0.05, 0.1) is 11.1 Å². The van der Waals surface area contributed by atoms with Crippen molar-refractivity contribution in [3.05, 3.63) is 105 Å². The smallest absolute Gasteiger partial charge is 0.131 e. The first-order chi connectivity index (χ1) is 12.6. The molecule has 130 valence electrons. The molecule has 0 spiro atoms. The molecular formula is C21H15Cl3N2. The van der Waals surface area contributed by atoms with Crippen molar-refractivity contribution in [2.24, 2.45) is 4.99 Å². The van der Waals surface area contributed by atoms with Gasteiger partial charge < -0.3 is 5.32 Å². The highest BCUT2D eigenvalue weighted by atomic mass is 35.5. The fourth-order valence-corrected chi connectivity index (χ4v) is 3.94. The number of aliphatic imine (C=N–C) groups is 1. The molecule has 4 rings (SSSR count). The summed E-state index contributed by atoms with van der Waals surface area (Å²) in [5.41, 5.74) is 2.79. The fourth-order valence-electron chi connectivity index (χ4n) is 3.22. The number of amidine groups is 1. The summed E-state index contributed by atoms with van der Waals surface area (Å²) in [6.45, 7) is 0. The number of hydrogen-bond acceptors (Lipinski definition) is 2. The van der Waals surface area contributed by atoms with Crippen LogP contribution in [0.1, 0.15) is 28.8 Å². The predicted octanol–water partition coefficient (Wildman–Crippen LogP) is 6.48. The van der Waals surface area contributed by atoms with E-state index < -0.39 is 0 Å². The third-order valence-corrected chi connectivity index (χ3v) is 5.49. The summed E-state index contributed by atoms with van der Waals surface area (Å²) in [5, 5.41) is 5.53. The van der Waals surface area contributed by atoms with E-state index in [0.717, 1.165) is 22.5 Å². The summed E-state index contributed by atoms with van der Waals surface area (Å²) in [5.74, 6) is 0.741. The summed E-state index contributed by atoms with van der Waals surface area (Å²) in [6.07, 6.45) is 0. The van der Waals surface area contributed by atoms with Gasteiger partial charge >= 0.3 is 0 Å². The highest BCUT2D eigenvalue weighted by Gasteiger charge is 2.34. The molecule has 0 radical (unpaired) electrons. The van der Waals surface area contributed by atoms with Crippen LogP contribution in [-0.4, -0.2) is 5.84 Å². The minimum atomic E-state index is -0.199. The molecule has 1 aliphatic heterocycles. The van der Waals surface area contributed by atoms with E-state index in [4.69, 9.17) is 39.8 Å². The molecule has 1 heterocycles. The van der Waals surface area contributed by atoms with Crippen molar-refractivity contribution >= 4 is 40.6 Å². The van der Waals surface area contributed by atoms with Gasteiger partial charge in [-0.05, 0) is 35.4 Å². The summed E-state index contributed by atoms with van der Waals surface area (Å²) in [4.78, 5) is 4.93. The molecular weight excluding hydrogens is 387 g/mol. The van der Waals surface area contributed by atoms with Gasteiger partial charge in [-0.3, -0.25) is 4.99 Å². The molecule has 0 unspecified atom stereocenters. The maximum absolute atomic E-state index is 6.47. The zero-order valence-electron chi connectivity index (χ0n) is 13.7. The Morgan fingerprint density at radius 1 is 0.654 bits per heavy atom. The number of benzene rings is 3. The summed E-state index contributed by atoms with van der Waals surface area (Å²) in [7, 11) is 0. The SMILES string of the molecule is Clc1ccccc1C1=N[C@@H](c2ccccc2Cl)[C@@H](c2ccccc2Cl)N1. The van der Waals surface area contributed by atoms with Crippen molar-refractivity contribution in [1.29, 1.82) is 0 Å². The van der Waals surface area contributed by atoms with Crippen LogP contribution in [0.3, 0.4) is 0 Å². The number of hydrogen-bond donors (Lipinski definition) is 1. The number of nitrogens with zero attached hydrogens (tertiary/aromatic N) is 1. The number of rotatable bonds is 3. The van der Waals surface area contributed by atoms with Crippen molar-refractivity contribution in [3.8, 4) is 0 Å². The summed E-state index contributed by atoms with van der Waals surface area (Å²) >= 11 is 19.3. The Bertz CT molecular complexity index is 984. The van der Waals surface area contributed by atoms with E-state index in [9.17, 15) is 0 Å². The van der Waals surface area contributed by atoms with Crippen molar-refractivity contribution in [3.63, 3.8) is 0 Å². The van der Waals surface area contributed by atoms with Gasteiger partial charge in [0, 0.05) is 15.6 Å².